The van der Waals surface area contributed by atoms with Crippen molar-refractivity contribution in [2.24, 2.45) is 0 Å². The van der Waals surface area contributed by atoms with Crippen molar-refractivity contribution in [2.45, 2.75) is 19.9 Å². The summed E-state index contributed by atoms with van der Waals surface area (Å²) < 4.78 is 0. The Morgan fingerprint density at radius 1 is 1.13 bits per heavy atom. The number of carbonyl (C=O) groups is 1. The molecular formula is C19H21N3O. The molecule has 0 spiro atoms. The van der Waals surface area contributed by atoms with Crippen LogP contribution in [0, 0.1) is 18.3 Å². The Bertz CT molecular complexity index is 659. The third-order valence-electron chi connectivity index (χ3n) is 3.51. The number of anilines is 1. The molecule has 0 fully saturated rings. The average molecular weight is 307 g/mol. The van der Waals surface area contributed by atoms with Crippen LogP contribution in [0.25, 0.3) is 0 Å². The fraction of sp³-hybridized carbons (Fsp3) is 0.263. The first-order chi connectivity index (χ1) is 11.2. The lowest BCUT2D eigenvalue weighted by molar-refractivity contribution is -0.119. The number of hydrogen-bond donors (Lipinski definition) is 1. The first-order valence-electron chi connectivity index (χ1n) is 7.68. The van der Waals surface area contributed by atoms with Crippen LogP contribution in [-0.4, -0.2) is 19.0 Å². The number of hydrogen-bond acceptors (Lipinski definition) is 3. The highest BCUT2D eigenvalue weighted by atomic mass is 16.2. The van der Waals surface area contributed by atoms with Gasteiger partial charge in [0, 0.05) is 18.8 Å². The highest BCUT2D eigenvalue weighted by Crippen LogP contribution is 2.17. The molecule has 1 amide bonds. The van der Waals surface area contributed by atoms with E-state index in [1.165, 1.54) is 5.56 Å². The highest BCUT2D eigenvalue weighted by molar-refractivity contribution is 5.81. The molecule has 2 aromatic carbocycles. The predicted molar refractivity (Wildman–Crippen MR) is 91.9 cm³/mol. The zero-order valence-electron chi connectivity index (χ0n) is 13.3. The van der Waals surface area contributed by atoms with E-state index in [4.69, 9.17) is 5.26 Å². The monoisotopic (exact) mass is 307 g/mol. The van der Waals surface area contributed by atoms with E-state index in [2.05, 4.69) is 17.4 Å². The Hall–Kier alpha value is -2.80. The molecule has 0 bridgehead atoms. The average Bonchev–Trinajstić information content (AvgIpc) is 2.56. The molecule has 0 radical (unpaired) electrons. The van der Waals surface area contributed by atoms with Gasteiger partial charge in [0.25, 0.3) is 0 Å². The first-order valence-corrected chi connectivity index (χ1v) is 7.68. The van der Waals surface area contributed by atoms with Crippen LogP contribution < -0.4 is 10.2 Å². The minimum absolute atomic E-state index is 0.0724. The fourth-order valence-corrected chi connectivity index (χ4v) is 2.28. The smallest absolute Gasteiger partial charge is 0.239 e. The first kappa shape index (κ1) is 16.6. The van der Waals surface area contributed by atoms with Crippen molar-refractivity contribution in [3.8, 4) is 6.07 Å². The predicted octanol–water partition coefficient (Wildman–Crippen LogP) is 3.03. The second-order valence-corrected chi connectivity index (χ2v) is 5.44. The standard InChI is InChI=1S/C19H21N3O/c1-16-8-10-18(11-9-16)22(14-17-6-3-2-4-7-17)15-19(23)21-13-5-12-20/h2-4,6-11H,5,13-15H2,1H3,(H,21,23). The Labute approximate surface area is 137 Å². The van der Waals surface area contributed by atoms with Gasteiger partial charge in [0.05, 0.1) is 19.0 Å². The maximum atomic E-state index is 12.1. The molecule has 0 heterocycles. The molecule has 0 saturated heterocycles. The Kier molecular flexibility index (Phi) is 6.19. The molecule has 0 atom stereocenters. The largest absolute Gasteiger partial charge is 0.358 e. The lowest BCUT2D eigenvalue weighted by Crippen LogP contribution is -2.37. The molecule has 23 heavy (non-hydrogen) atoms. The topological polar surface area (TPSA) is 56.1 Å². The number of nitrogens with one attached hydrogen (secondary N) is 1. The third-order valence-corrected chi connectivity index (χ3v) is 3.51. The number of aryl methyl sites for hydroxylation is 1. The van der Waals surface area contributed by atoms with Crippen LogP contribution in [0.3, 0.4) is 0 Å². The number of nitriles is 1. The Morgan fingerprint density at radius 3 is 2.48 bits per heavy atom. The molecule has 1 N–H and O–H groups in total. The van der Waals surface area contributed by atoms with E-state index in [-0.39, 0.29) is 12.5 Å². The van der Waals surface area contributed by atoms with E-state index in [1.807, 2.05) is 60.4 Å². The van der Waals surface area contributed by atoms with Crippen LogP contribution in [0.4, 0.5) is 5.69 Å². The van der Waals surface area contributed by atoms with Crippen molar-refractivity contribution in [2.75, 3.05) is 18.0 Å². The molecule has 118 valence electrons. The van der Waals surface area contributed by atoms with E-state index >= 15 is 0 Å². The highest BCUT2D eigenvalue weighted by Gasteiger charge is 2.12. The summed E-state index contributed by atoms with van der Waals surface area (Å²) >= 11 is 0. The maximum Gasteiger partial charge on any atom is 0.239 e. The summed E-state index contributed by atoms with van der Waals surface area (Å²) in [4.78, 5) is 14.1. The Balaban J connectivity index is 2.09. The van der Waals surface area contributed by atoms with Crippen LogP contribution in [0.15, 0.2) is 54.6 Å². The van der Waals surface area contributed by atoms with E-state index in [1.54, 1.807) is 0 Å². The molecule has 0 aromatic heterocycles. The SMILES string of the molecule is Cc1ccc(N(CC(=O)NCCC#N)Cc2ccccc2)cc1. The van der Waals surface area contributed by atoms with Crippen molar-refractivity contribution in [1.29, 1.82) is 5.26 Å². The molecular weight excluding hydrogens is 286 g/mol. The molecule has 4 heteroatoms. The van der Waals surface area contributed by atoms with E-state index in [0.717, 1.165) is 11.3 Å². The molecule has 0 aliphatic carbocycles. The summed E-state index contributed by atoms with van der Waals surface area (Å²) in [5.41, 5.74) is 3.35. The van der Waals surface area contributed by atoms with Crippen LogP contribution >= 0.6 is 0 Å². The van der Waals surface area contributed by atoms with Crippen molar-refractivity contribution >= 4 is 11.6 Å². The fourth-order valence-electron chi connectivity index (χ4n) is 2.28. The number of benzene rings is 2. The van der Waals surface area contributed by atoms with Gasteiger partial charge in [-0.05, 0) is 24.6 Å². The summed E-state index contributed by atoms with van der Waals surface area (Å²) in [5, 5.41) is 11.3. The van der Waals surface area contributed by atoms with Gasteiger partial charge < -0.3 is 10.2 Å². The van der Waals surface area contributed by atoms with Gasteiger partial charge in [0.1, 0.15) is 0 Å². The maximum absolute atomic E-state index is 12.1. The van der Waals surface area contributed by atoms with Crippen molar-refractivity contribution in [1.82, 2.24) is 5.32 Å². The lowest BCUT2D eigenvalue weighted by atomic mass is 10.1. The number of amides is 1. The second-order valence-electron chi connectivity index (χ2n) is 5.44. The zero-order chi connectivity index (χ0) is 16.5. The molecule has 2 rings (SSSR count). The summed E-state index contributed by atoms with van der Waals surface area (Å²) in [6.07, 6.45) is 0.328. The minimum Gasteiger partial charge on any atom is -0.358 e. The van der Waals surface area contributed by atoms with Gasteiger partial charge in [-0.25, -0.2) is 0 Å². The molecule has 0 unspecified atom stereocenters. The van der Waals surface area contributed by atoms with Crippen LogP contribution in [-0.2, 0) is 11.3 Å². The summed E-state index contributed by atoms with van der Waals surface area (Å²) in [6, 6.07) is 20.2. The van der Waals surface area contributed by atoms with Crippen molar-refractivity contribution < 1.29 is 4.79 Å². The van der Waals surface area contributed by atoms with Gasteiger partial charge in [-0.15, -0.1) is 0 Å². The molecule has 0 saturated carbocycles. The zero-order valence-corrected chi connectivity index (χ0v) is 13.3. The molecule has 2 aromatic rings. The van der Waals surface area contributed by atoms with Gasteiger partial charge >= 0.3 is 0 Å². The lowest BCUT2D eigenvalue weighted by Gasteiger charge is -2.24. The Morgan fingerprint density at radius 2 is 1.83 bits per heavy atom. The van der Waals surface area contributed by atoms with Crippen molar-refractivity contribution in [3.05, 3.63) is 65.7 Å². The normalized spacial score (nSPS) is 9.91. The summed E-state index contributed by atoms with van der Waals surface area (Å²) in [7, 11) is 0. The van der Waals surface area contributed by atoms with Gasteiger partial charge in [0.15, 0.2) is 0 Å². The van der Waals surface area contributed by atoms with Gasteiger partial charge in [0.2, 0.25) is 5.91 Å². The van der Waals surface area contributed by atoms with Crippen LogP contribution in [0.5, 0.6) is 0 Å². The molecule has 4 nitrogen and oxygen atoms in total. The van der Waals surface area contributed by atoms with Crippen molar-refractivity contribution in [3.63, 3.8) is 0 Å². The number of nitrogens with zero attached hydrogens (tertiary/aromatic N) is 2. The number of rotatable bonds is 7. The van der Waals surface area contributed by atoms with Crippen LogP contribution in [0.2, 0.25) is 0 Å². The minimum atomic E-state index is -0.0724. The van der Waals surface area contributed by atoms with E-state index < -0.39 is 0 Å². The molecule has 0 aliphatic rings. The van der Waals surface area contributed by atoms with E-state index in [9.17, 15) is 4.79 Å². The van der Waals surface area contributed by atoms with Gasteiger partial charge in [-0.1, -0.05) is 48.0 Å². The number of carbonyl (C=O) groups excluding carboxylic acids is 1. The van der Waals surface area contributed by atoms with E-state index in [0.29, 0.717) is 19.5 Å². The summed E-state index contributed by atoms with van der Waals surface area (Å²) in [6.45, 7) is 3.36. The van der Waals surface area contributed by atoms with Crippen LogP contribution in [0.1, 0.15) is 17.5 Å². The third kappa shape index (κ3) is 5.48. The second kappa shape index (κ2) is 8.60. The summed E-state index contributed by atoms with van der Waals surface area (Å²) in [5.74, 6) is -0.0724. The van der Waals surface area contributed by atoms with Gasteiger partial charge in [-0.2, -0.15) is 5.26 Å². The quantitative estimate of drug-likeness (QED) is 0.800. The van der Waals surface area contributed by atoms with Gasteiger partial charge in [-0.3, -0.25) is 4.79 Å². The molecule has 0 aliphatic heterocycles.